The lowest BCUT2D eigenvalue weighted by Gasteiger charge is -2.13. The maximum Gasteiger partial charge on any atom is 0.125 e. The van der Waals surface area contributed by atoms with Gasteiger partial charge in [-0.25, -0.2) is 0 Å². The Balaban J connectivity index is 2.14. The van der Waals surface area contributed by atoms with Crippen LogP contribution in [0.1, 0.15) is 17.2 Å². The molecule has 0 aliphatic carbocycles. The summed E-state index contributed by atoms with van der Waals surface area (Å²) >= 11 is 0. The van der Waals surface area contributed by atoms with Crippen LogP contribution in [-0.4, -0.2) is 12.7 Å². The van der Waals surface area contributed by atoms with Crippen LogP contribution in [0.5, 0.6) is 5.75 Å². The molecule has 2 heteroatoms. The zero-order chi connectivity index (χ0) is 8.13. The molecule has 62 valence electrons. The smallest absolute Gasteiger partial charge is 0.125 e. The van der Waals surface area contributed by atoms with Crippen LogP contribution in [0.2, 0.25) is 0 Å². The second kappa shape index (κ2) is 2.02. The molecule has 3 rings (SSSR count). The van der Waals surface area contributed by atoms with Gasteiger partial charge in [0.25, 0.3) is 0 Å². The predicted molar refractivity (Wildman–Crippen MR) is 44.3 cm³/mol. The topological polar surface area (TPSA) is 21.8 Å². The molecule has 0 unspecified atom stereocenters. The molecule has 2 nitrogen and oxygen atoms in total. The first-order valence-corrected chi connectivity index (χ1v) is 4.23. The first-order chi connectivity index (χ1) is 5.84. The predicted octanol–water partition coefficient (Wildman–Crippen LogP) is 1.83. The summed E-state index contributed by atoms with van der Waals surface area (Å²) in [5.74, 6) is 0.999. The minimum atomic E-state index is 0.327. The molecule has 2 heterocycles. The fourth-order valence-electron chi connectivity index (χ4n) is 1.74. The molecule has 12 heavy (non-hydrogen) atoms. The number of hydrogen-bond acceptors (Lipinski definition) is 2. The van der Waals surface area contributed by atoms with Gasteiger partial charge in [-0.05, 0) is 19.1 Å². The molecule has 1 aromatic rings. The summed E-state index contributed by atoms with van der Waals surface area (Å²) in [4.78, 5) is 0. The van der Waals surface area contributed by atoms with E-state index < -0.39 is 0 Å². The Morgan fingerprint density at radius 2 is 2.33 bits per heavy atom. The van der Waals surface area contributed by atoms with E-state index in [2.05, 4.69) is 19.1 Å². The number of epoxide rings is 1. The summed E-state index contributed by atoms with van der Waals surface area (Å²) in [5.41, 5.74) is 2.50. The largest absolute Gasteiger partial charge is 0.490 e. The standard InChI is InChI=1S/C10H10O2/c1-6-2-3-8-7(4-6)10-9(12-10)5-11-8/h2-4,9-10H,5H2,1H3/t9-,10+/m0/s1. The van der Waals surface area contributed by atoms with E-state index in [4.69, 9.17) is 9.47 Å². The summed E-state index contributed by atoms with van der Waals surface area (Å²) in [6, 6.07) is 6.25. The number of ether oxygens (including phenoxy) is 2. The highest BCUT2D eigenvalue weighted by molar-refractivity contribution is 5.42. The van der Waals surface area contributed by atoms with E-state index in [0.29, 0.717) is 12.2 Å². The van der Waals surface area contributed by atoms with E-state index >= 15 is 0 Å². The molecule has 0 saturated carbocycles. The van der Waals surface area contributed by atoms with Crippen molar-refractivity contribution in [1.82, 2.24) is 0 Å². The van der Waals surface area contributed by atoms with E-state index in [9.17, 15) is 0 Å². The average Bonchev–Trinajstić information content (AvgIpc) is 2.82. The molecule has 1 fully saturated rings. The molecule has 0 N–H and O–H groups in total. The van der Waals surface area contributed by atoms with Crippen LogP contribution >= 0.6 is 0 Å². The van der Waals surface area contributed by atoms with Gasteiger partial charge in [-0.1, -0.05) is 11.6 Å². The lowest BCUT2D eigenvalue weighted by Crippen LogP contribution is -2.11. The summed E-state index contributed by atoms with van der Waals surface area (Å²) in [7, 11) is 0. The molecule has 2 atom stereocenters. The fourth-order valence-corrected chi connectivity index (χ4v) is 1.74. The second-order valence-corrected chi connectivity index (χ2v) is 3.45. The van der Waals surface area contributed by atoms with Crippen molar-refractivity contribution < 1.29 is 9.47 Å². The SMILES string of the molecule is Cc1ccc2c(c1)[C@H]1O[C@H]1CO2. The number of aryl methyl sites for hydroxylation is 1. The Bertz CT molecular complexity index is 333. The lowest BCUT2D eigenvalue weighted by molar-refractivity contribution is 0.267. The minimum Gasteiger partial charge on any atom is -0.490 e. The Hall–Kier alpha value is -1.02. The van der Waals surface area contributed by atoms with Crippen LogP contribution in [0, 0.1) is 6.92 Å². The third-order valence-electron chi connectivity index (χ3n) is 2.46. The first kappa shape index (κ1) is 6.49. The van der Waals surface area contributed by atoms with Gasteiger partial charge in [0.2, 0.25) is 0 Å². The normalized spacial score (nSPS) is 30.1. The lowest BCUT2D eigenvalue weighted by atomic mass is 10.0. The van der Waals surface area contributed by atoms with Crippen molar-refractivity contribution in [3.63, 3.8) is 0 Å². The molecule has 0 bridgehead atoms. The van der Waals surface area contributed by atoms with Crippen LogP contribution in [-0.2, 0) is 4.74 Å². The van der Waals surface area contributed by atoms with E-state index in [1.165, 1.54) is 11.1 Å². The highest BCUT2D eigenvalue weighted by Gasteiger charge is 2.45. The van der Waals surface area contributed by atoms with Crippen LogP contribution in [0.4, 0.5) is 0 Å². The number of benzene rings is 1. The first-order valence-electron chi connectivity index (χ1n) is 4.23. The van der Waals surface area contributed by atoms with Gasteiger partial charge in [0.05, 0.1) is 0 Å². The van der Waals surface area contributed by atoms with Gasteiger partial charge in [-0.3, -0.25) is 0 Å². The van der Waals surface area contributed by atoms with Gasteiger partial charge in [-0.2, -0.15) is 0 Å². The Morgan fingerprint density at radius 3 is 3.25 bits per heavy atom. The van der Waals surface area contributed by atoms with Crippen molar-refractivity contribution in [3.05, 3.63) is 29.3 Å². The molecule has 1 saturated heterocycles. The maximum absolute atomic E-state index is 5.51. The number of hydrogen-bond donors (Lipinski definition) is 0. The van der Waals surface area contributed by atoms with Crippen molar-refractivity contribution in [1.29, 1.82) is 0 Å². The van der Waals surface area contributed by atoms with Crippen LogP contribution in [0.3, 0.4) is 0 Å². The van der Waals surface area contributed by atoms with Gasteiger partial charge < -0.3 is 9.47 Å². The fraction of sp³-hybridized carbons (Fsp3) is 0.400. The monoisotopic (exact) mass is 162 g/mol. The molecule has 0 amide bonds. The molecule has 0 radical (unpaired) electrons. The van der Waals surface area contributed by atoms with E-state index in [1.54, 1.807) is 0 Å². The summed E-state index contributed by atoms with van der Waals surface area (Å²) in [6.07, 6.45) is 0.660. The Labute approximate surface area is 71.1 Å². The summed E-state index contributed by atoms with van der Waals surface area (Å²) in [5, 5.41) is 0. The molecule has 1 aromatic carbocycles. The van der Waals surface area contributed by atoms with E-state index in [1.807, 2.05) is 6.07 Å². The highest BCUT2D eigenvalue weighted by atomic mass is 16.6. The molecular weight excluding hydrogens is 152 g/mol. The van der Waals surface area contributed by atoms with Crippen molar-refractivity contribution in [2.75, 3.05) is 6.61 Å². The molecular formula is C10H10O2. The van der Waals surface area contributed by atoms with E-state index in [-0.39, 0.29) is 0 Å². The zero-order valence-electron chi connectivity index (χ0n) is 6.91. The zero-order valence-corrected chi connectivity index (χ0v) is 6.91. The van der Waals surface area contributed by atoms with Crippen LogP contribution < -0.4 is 4.74 Å². The quantitative estimate of drug-likeness (QED) is 0.543. The molecule has 2 aliphatic rings. The van der Waals surface area contributed by atoms with Gasteiger partial charge in [0.15, 0.2) is 0 Å². The van der Waals surface area contributed by atoms with Crippen molar-refractivity contribution in [3.8, 4) is 5.75 Å². The van der Waals surface area contributed by atoms with Gasteiger partial charge in [-0.15, -0.1) is 0 Å². The van der Waals surface area contributed by atoms with Crippen molar-refractivity contribution >= 4 is 0 Å². The number of rotatable bonds is 0. The maximum atomic E-state index is 5.51. The second-order valence-electron chi connectivity index (χ2n) is 3.45. The average molecular weight is 162 g/mol. The highest BCUT2D eigenvalue weighted by Crippen LogP contribution is 2.46. The molecule has 0 aromatic heterocycles. The van der Waals surface area contributed by atoms with Gasteiger partial charge >= 0.3 is 0 Å². The van der Waals surface area contributed by atoms with E-state index in [0.717, 1.165) is 12.4 Å². The van der Waals surface area contributed by atoms with Crippen LogP contribution in [0.15, 0.2) is 18.2 Å². The van der Waals surface area contributed by atoms with Crippen molar-refractivity contribution in [2.45, 2.75) is 19.1 Å². The van der Waals surface area contributed by atoms with Crippen molar-refractivity contribution in [2.24, 2.45) is 0 Å². The minimum absolute atomic E-state index is 0.327. The Kier molecular flexibility index (Phi) is 1.09. The van der Waals surface area contributed by atoms with Gasteiger partial charge in [0, 0.05) is 5.56 Å². The Morgan fingerprint density at radius 1 is 1.42 bits per heavy atom. The summed E-state index contributed by atoms with van der Waals surface area (Å²) < 4.78 is 10.9. The molecule has 2 aliphatic heterocycles. The van der Waals surface area contributed by atoms with Crippen LogP contribution in [0.25, 0.3) is 0 Å². The third-order valence-corrected chi connectivity index (χ3v) is 2.46. The third kappa shape index (κ3) is 0.786. The summed E-state index contributed by atoms with van der Waals surface area (Å²) in [6.45, 7) is 2.81. The molecule has 0 spiro atoms. The number of fused-ring (bicyclic) bond motifs is 3. The van der Waals surface area contributed by atoms with Gasteiger partial charge in [0.1, 0.15) is 24.6 Å².